The first-order chi connectivity index (χ1) is 10.7. The lowest BCUT2D eigenvalue weighted by atomic mass is 9.83. The highest BCUT2D eigenvalue weighted by molar-refractivity contribution is 14.0. The van der Waals surface area contributed by atoms with Crippen molar-refractivity contribution in [3.8, 4) is 0 Å². The Morgan fingerprint density at radius 1 is 1.26 bits per heavy atom. The van der Waals surface area contributed by atoms with E-state index in [2.05, 4.69) is 42.5 Å². The molecule has 0 spiro atoms. The van der Waals surface area contributed by atoms with Gasteiger partial charge in [0, 0.05) is 19.3 Å². The highest BCUT2D eigenvalue weighted by Gasteiger charge is 2.31. The predicted octanol–water partition coefficient (Wildman–Crippen LogP) is 4.03. The topological polar surface area (TPSA) is 49.3 Å². The quantitative estimate of drug-likeness (QED) is 0.407. The number of aliphatic imine (C=N–C) groups is 1. The van der Waals surface area contributed by atoms with E-state index in [1.807, 2.05) is 12.3 Å². The first-order valence-electron chi connectivity index (χ1n) is 8.62. The van der Waals surface area contributed by atoms with Crippen LogP contribution in [0.15, 0.2) is 23.3 Å². The van der Waals surface area contributed by atoms with Gasteiger partial charge in [-0.25, -0.2) is 4.99 Å². The van der Waals surface area contributed by atoms with Crippen molar-refractivity contribution in [2.75, 3.05) is 13.1 Å². The number of guanidine groups is 1. The van der Waals surface area contributed by atoms with Gasteiger partial charge < -0.3 is 10.6 Å². The molecule has 0 aliphatic heterocycles. The molecule has 1 aromatic rings. The molecule has 1 aromatic heterocycles. The van der Waals surface area contributed by atoms with Crippen LogP contribution < -0.4 is 10.6 Å². The van der Waals surface area contributed by atoms with Gasteiger partial charge in [0.25, 0.3) is 0 Å². The van der Waals surface area contributed by atoms with Crippen LogP contribution in [0.5, 0.6) is 0 Å². The number of aryl methyl sites for hydroxylation is 1. The average Bonchev–Trinajstić information content (AvgIpc) is 3.01. The minimum atomic E-state index is 0. The molecule has 1 aliphatic carbocycles. The summed E-state index contributed by atoms with van der Waals surface area (Å²) < 4.78 is 0. The van der Waals surface area contributed by atoms with Gasteiger partial charge >= 0.3 is 0 Å². The van der Waals surface area contributed by atoms with Crippen LogP contribution in [0.2, 0.25) is 0 Å². The molecular weight excluding hydrogens is 399 g/mol. The molecule has 2 rings (SSSR count). The summed E-state index contributed by atoms with van der Waals surface area (Å²) in [6.45, 7) is 9.04. The number of hydrogen-bond donors (Lipinski definition) is 2. The number of hydrogen-bond acceptors (Lipinski definition) is 2. The maximum Gasteiger partial charge on any atom is 0.191 e. The zero-order chi connectivity index (χ0) is 15.8. The largest absolute Gasteiger partial charge is 0.357 e. The lowest BCUT2D eigenvalue weighted by Crippen LogP contribution is -2.42. The summed E-state index contributed by atoms with van der Waals surface area (Å²) >= 11 is 0. The third-order valence-electron chi connectivity index (χ3n) is 4.89. The van der Waals surface area contributed by atoms with Crippen LogP contribution in [0.4, 0.5) is 0 Å². The van der Waals surface area contributed by atoms with Crippen molar-refractivity contribution in [1.82, 2.24) is 15.6 Å². The van der Waals surface area contributed by atoms with E-state index in [1.54, 1.807) is 0 Å². The maximum atomic E-state index is 4.70. The molecule has 0 radical (unpaired) electrons. The molecule has 0 atom stereocenters. The van der Waals surface area contributed by atoms with Gasteiger partial charge in [0.2, 0.25) is 0 Å². The van der Waals surface area contributed by atoms with Crippen LogP contribution in [-0.2, 0) is 6.54 Å². The van der Waals surface area contributed by atoms with Crippen LogP contribution in [0.25, 0.3) is 0 Å². The first kappa shape index (κ1) is 20.2. The van der Waals surface area contributed by atoms with Gasteiger partial charge in [0.05, 0.1) is 12.2 Å². The Morgan fingerprint density at radius 3 is 2.61 bits per heavy atom. The smallest absolute Gasteiger partial charge is 0.191 e. The SMILES string of the molecule is CCNC(=NCc1ncccc1C)NCC1(CC)CCCC1.I. The number of halogens is 1. The Kier molecular flexibility index (Phi) is 8.87. The standard InChI is InChI=1S/C18H30N4.HI/c1-4-18(10-6-7-11-18)14-22-17(19-5-2)21-13-16-15(3)9-8-12-20-16;/h8-9,12H,4-7,10-11,13-14H2,1-3H3,(H2,19,21,22);1H. The van der Waals surface area contributed by atoms with Crippen molar-refractivity contribution in [2.45, 2.75) is 59.4 Å². The van der Waals surface area contributed by atoms with Crippen molar-refractivity contribution in [3.63, 3.8) is 0 Å². The van der Waals surface area contributed by atoms with Crippen molar-refractivity contribution in [1.29, 1.82) is 0 Å². The zero-order valence-corrected chi connectivity index (χ0v) is 17.0. The fourth-order valence-corrected chi connectivity index (χ4v) is 3.23. The summed E-state index contributed by atoms with van der Waals surface area (Å²) in [6.07, 6.45) is 8.51. The highest BCUT2D eigenvalue weighted by atomic mass is 127. The predicted molar refractivity (Wildman–Crippen MR) is 108 cm³/mol. The molecule has 1 heterocycles. The van der Waals surface area contributed by atoms with Crippen molar-refractivity contribution in [2.24, 2.45) is 10.4 Å². The fraction of sp³-hybridized carbons (Fsp3) is 0.667. The fourth-order valence-electron chi connectivity index (χ4n) is 3.23. The Balaban J connectivity index is 0.00000264. The van der Waals surface area contributed by atoms with Gasteiger partial charge in [0.1, 0.15) is 0 Å². The number of aromatic nitrogens is 1. The molecule has 0 amide bonds. The molecule has 1 aliphatic rings. The molecule has 1 saturated carbocycles. The second kappa shape index (κ2) is 10.1. The molecule has 0 aromatic carbocycles. The van der Waals surface area contributed by atoms with Gasteiger partial charge in [-0.2, -0.15) is 0 Å². The number of nitrogens with one attached hydrogen (secondary N) is 2. The van der Waals surface area contributed by atoms with E-state index in [1.165, 1.54) is 37.7 Å². The molecule has 0 unspecified atom stereocenters. The Labute approximate surface area is 158 Å². The van der Waals surface area contributed by atoms with E-state index < -0.39 is 0 Å². The molecule has 0 saturated heterocycles. The molecule has 0 bridgehead atoms. The van der Waals surface area contributed by atoms with Gasteiger partial charge in [0.15, 0.2) is 5.96 Å². The van der Waals surface area contributed by atoms with Crippen LogP contribution in [0.1, 0.15) is 57.2 Å². The molecular formula is C18H31IN4. The second-order valence-electron chi connectivity index (χ2n) is 6.38. The monoisotopic (exact) mass is 430 g/mol. The summed E-state index contributed by atoms with van der Waals surface area (Å²) in [4.78, 5) is 9.12. The van der Waals surface area contributed by atoms with Gasteiger partial charge in [-0.3, -0.25) is 4.98 Å². The van der Waals surface area contributed by atoms with E-state index in [0.29, 0.717) is 12.0 Å². The molecule has 1 fully saturated rings. The lowest BCUT2D eigenvalue weighted by Gasteiger charge is -2.28. The molecule has 5 heteroatoms. The second-order valence-corrected chi connectivity index (χ2v) is 6.38. The third-order valence-corrected chi connectivity index (χ3v) is 4.89. The first-order valence-corrected chi connectivity index (χ1v) is 8.62. The summed E-state index contributed by atoms with van der Waals surface area (Å²) in [7, 11) is 0. The summed E-state index contributed by atoms with van der Waals surface area (Å²) in [5.41, 5.74) is 2.71. The van der Waals surface area contributed by atoms with E-state index in [4.69, 9.17) is 4.99 Å². The summed E-state index contributed by atoms with van der Waals surface area (Å²) in [5, 5.41) is 6.90. The maximum absolute atomic E-state index is 4.70. The molecule has 23 heavy (non-hydrogen) atoms. The van der Waals surface area contributed by atoms with Crippen LogP contribution in [0.3, 0.4) is 0 Å². The van der Waals surface area contributed by atoms with Gasteiger partial charge in [-0.15, -0.1) is 24.0 Å². The highest BCUT2D eigenvalue weighted by Crippen LogP contribution is 2.40. The van der Waals surface area contributed by atoms with Crippen molar-refractivity contribution >= 4 is 29.9 Å². The Morgan fingerprint density at radius 2 is 2.00 bits per heavy atom. The Hall–Kier alpha value is -0.850. The summed E-state index contributed by atoms with van der Waals surface area (Å²) in [6, 6.07) is 4.06. The third kappa shape index (κ3) is 5.94. The minimum Gasteiger partial charge on any atom is -0.357 e. The van der Waals surface area contributed by atoms with E-state index in [0.717, 1.165) is 24.7 Å². The van der Waals surface area contributed by atoms with E-state index >= 15 is 0 Å². The average molecular weight is 430 g/mol. The van der Waals surface area contributed by atoms with E-state index in [9.17, 15) is 0 Å². The number of nitrogens with zero attached hydrogens (tertiary/aromatic N) is 2. The lowest BCUT2D eigenvalue weighted by molar-refractivity contribution is 0.283. The molecule has 2 N–H and O–H groups in total. The zero-order valence-electron chi connectivity index (χ0n) is 14.7. The van der Waals surface area contributed by atoms with Crippen LogP contribution in [0, 0.1) is 12.3 Å². The summed E-state index contributed by atoms with van der Waals surface area (Å²) in [5.74, 6) is 0.910. The van der Waals surface area contributed by atoms with Crippen LogP contribution >= 0.6 is 24.0 Å². The number of pyridine rings is 1. The normalized spacial score (nSPS) is 16.7. The van der Waals surface area contributed by atoms with Crippen molar-refractivity contribution in [3.05, 3.63) is 29.6 Å². The van der Waals surface area contributed by atoms with E-state index in [-0.39, 0.29) is 24.0 Å². The number of rotatable bonds is 6. The van der Waals surface area contributed by atoms with Crippen molar-refractivity contribution < 1.29 is 0 Å². The van der Waals surface area contributed by atoms with Crippen LogP contribution in [-0.4, -0.2) is 24.0 Å². The Bertz CT molecular complexity index is 496. The molecule has 130 valence electrons. The minimum absolute atomic E-state index is 0. The molecule has 4 nitrogen and oxygen atoms in total. The van der Waals surface area contributed by atoms with Gasteiger partial charge in [-0.1, -0.05) is 25.8 Å². The van der Waals surface area contributed by atoms with Gasteiger partial charge in [-0.05, 0) is 50.2 Å².